The summed E-state index contributed by atoms with van der Waals surface area (Å²) < 4.78 is 16.7. The number of rotatable bonds is 6. The van der Waals surface area contributed by atoms with E-state index in [2.05, 4.69) is 4.90 Å². The van der Waals surface area contributed by atoms with Crippen molar-refractivity contribution in [1.29, 1.82) is 0 Å². The Balaban J connectivity index is 0.00000132. The molecule has 2 aromatic carbocycles. The van der Waals surface area contributed by atoms with Crippen LogP contribution < -0.4 is 9.64 Å². The van der Waals surface area contributed by atoms with E-state index in [0.29, 0.717) is 22.3 Å². The van der Waals surface area contributed by atoms with Gasteiger partial charge in [0.05, 0.1) is 19.8 Å². The molecular weight excluding hydrogens is 439 g/mol. The highest BCUT2D eigenvalue weighted by Gasteiger charge is 2.33. The van der Waals surface area contributed by atoms with Gasteiger partial charge in [-0.15, -0.1) is 0 Å². The van der Waals surface area contributed by atoms with Crippen LogP contribution in [0.25, 0.3) is 0 Å². The maximum absolute atomic E-state index is 12.3. The fourth-order valence-electron chi connectivity index (χ4n) is 3.45. The van der Waals surface area contributed by atoms with Crippen LogP contribution in [0.3, 0.4) is 0 Å². The third kappa shape index (κ3) is 6.26. The molecule has 0 saturated carbocycles. The molecule has 2 aliphatic rings. The van der Waals surface area contributed by atoms with Crippen LogP contribution in [0.1, 0.15) is 19.4 Å². The molecular formula is C23H28Cl2N2O4. The third-order valence-corrected chi connectivity index (χ3v) is 5.74. The molecule has 4 rings (SSSR count). The summed E-state index contributed by atoms with van der Waals surface area (Å²) in [6, 6.07) is 12.7. The minimum atomic E-state index is -0.320. The van der Waals surface area contributed by atoms with Gasteiger partial charge in [0.2, 0.25) is 0 Å². The lowest BCUT2D eigenvalue weighted by atomic mass is 10.2. The second-order valence-corrected chi connectivity index (χ2v) is 7.83. The highest BCUT2D eigenvalue weighted by atomic mass is 35.5. The molecule has 2 saturated heterocycles. The summed E-state index contributed by atoms with van der Waals surface area (Å²) in [6.45, 7) is 8.73. The number of morpholine rings is 1. The molecule has 2 aromatic rings. The standard InChI is InChI=1S/C21H22Cl2N2O4.C2H6/c22-19-2-1-3-20(23)18(19)14-28-16-6-4-15(5-7-16)25-13-17(29-21(25)26)12-24-8-10-27-11-9-24;1-2/h1-7,17H,8-14H2;1-2H3. The van der Waals surface area contributed by atoms with Crippen LogP contribution in [0.15, 0.2) is 42.5 Å². The highest BCUT2D eigenvalue weighted by Crippen LogP contribution is 2.28. The van der Waals surface area contributed by atoms with Gasteiger partial charge < -0.3 is 14.2 Å². The summed E-state index contributed by atoms with van der Waals surface area (Å²) in [5.41, 5.74) is 1.52. The molecule has 0 N–H and O–H groups in total. The second-order valence-electron chi connectivity index (χ2n) is 7.01. The lowest BCUT2D eigenvalue weighted by Gasteiger charge is -2.28. The zero-order valence-corrected chi connectivity index (χ0v) is 19.4. The first-order chi connectivity index (χ1) is 15.1. The molecule has 0 spiro atoms. The lowest BCUT2D eigenvalue weighted by molar-refractivity contribution is 0.0188. The zero-order valence-electron chi connectivity index (χ0n) is 17.9. The summed E-state index contributed by atoms with van der Waals surface area (Å²) in [7, 11) is 0. The summed E-state index contributed by atoms with van der Waals surface area (Å²) >= 11 is 12.3. The third-order valence-electron chi connectivity index (χ3n) is 5.03. The van der Waals surface area contributed by atoms with E-state index in [1.807, 2.05) is 38.1 Å². The first-order valence-corrected chi connectivity index (χ1v) is 11.3. The molecule has 31 heavy (non-hydrogen) atoms. The largest absolute Gasteiger partial charge is 0.489 e. The molecule has 0 aromatic heterocycles. The van der Waals surface area contributed by atoms with Crippen molar-refractivity contribution >= 4 is 35.0 Å². The number of hydrogen-bond donors (Lipinski definition) is 0. The number of cyclic esters (lactones) is 1. The zero-order chi connectivity index (χ0) is 22.2. The number of benzene rings is 2. The molecule has 1 unspecified atom stereocenters. The number of amides is 1. The molecule has 1 atom stereocenters. The summed E-state index contributed by atoms with van der Waals surface area (Å²) in [4.78, 5) is 16.2. The number of halogens is 2. The lowest BCUT2D eigenvalue weighted by Crippen LogP contribution is -2.42. The van der Waals surface area contributed by atoms with E-state index in [4.69, 9.17) is 37.4 Å². The van der Waals surface area contributed by atoms with Crippen molar-refractivity contribution in [3.05, 3.63) is 58.1 Å². The quantitative estimate of drug-likeness (QED) is 0.581. The van der Waals surface area contributed by atoms with Crippen molar-refractivity contribution in [2.45, 2.75) is 26.6 Å². The van der Waals surface area contributed by atoms with Crippen LogP contribution >= 0.6 is 23.2 Å². The van der Waals surface area contributed by atoms with Gasteiger partial charge >= 0.3 is 6.09 Å². The van der Waals surface area contributed by atoms with Crippen molar-refractivity contribution < 1.29 is 19.0 Å². The summed E-state index contributed by atoms with van der Waals surface area (Å²) in [5, 5.41) is 1.14. The normalized spacial score (nSPS) is 18.9. The van der Waals surface area contributed by atoms with Crippen LogP contribution in [0.4, 0.5) is 10.5 Å². The van der Waals surface area contributed by atoms with E-state index in [1.54, 1.807) is 23.1 Å². The summed E-state index contributed by atoms with van der Waals surface area (Å²) in [6.07, 6.45) is -0.460. The van der Waals surface area contributed by atoms with Crippen LogP contribution in [0, 0.1) is 0 Å². The first kappa shape index (κ1) is 23.7. The van der Waals surface area contributed by atoms with Crippen LogP contribution in [-0.2, 0) is 16.1 Å². The van der Waals surface area contributed by atoms with Gasteiger partial charge in [0.25, 0.3) is 0 Å². The van der Waals surface area contributed by atoms with E-state index in [0.717, 1.165) is 44.1 Å². The van der Waals surface area contributed by atoms with E-state index < -0.39 is 0 Å². The number of carbonyl (C=O) groups excluding carboxylic acids is 1. The van der Waals surface area contributed by atoms with Gasteiger partial charge in [-0.2, -0.15) is 0 Å². The Kier molecular flexibility index (Phi) is 8.84. The predicted molar refractivity (Wildman–Crippen MR) is 123 cm³/mol. The van der Waals surface area contributed by atoms with Crippen molar-refractivity contribution in [3.63, 3.8) is 0 Å². The molecule has 6 nitrogen and oxygen atoms in total. The van der Waals surface area contributed by atoms with E-state index >= 15 is 0 Å². The number of ether oxygens (including phenoxy) is 3. The summed E-state index contributed by atoms with van der Waals surface area (Å²) in [5.74, 6) is 0.669. The van der Waals surface area contributed by atoms with Crippen LogP contribution in [0.5, 0.6) is 5.75 Å². The molecule has 2 heterocycles. The molecule has 2 aliphatic heterocycles. The monoisotopic (exact) mass is 466 g/mol. The molecule has 0 aliphatic carbocycles. The van der Waals surface area contributed by atoms with Gasteiger partial charge in [0, 0.05) is 40.9 Å². The molecule has 0 bridgehead atoms. The maximum atomic E-state index is 12.3. The maximum Gasteiger partial charge on any atom is 0.414 e. The molecule has 168 valence electrons. The minimum Gasteiger partial charge on any atom is -0.489 e. The van der Waals surface area contributed by atoms with Gasteiger partial charge in [0.15, 0.2) is 0 Å². The average molecular weight is 467 g/mol. The highest BCUT2D eigenvalue weighted by molar-refractivity contribution is 6.35. The van der Waals surface area contributed by atoms with Crippen molar-refractivity contribution in [2.24, 2.45) is 0 Å². The van der Waals surface area contributed by atoms with E-state index in [1.165, 1.54) is 0 Å². The van der Waals surface area contributed by atoms with Crippen LogP contribution in [0.2, 0.25) is 10.0 Å². The Morgan fingerprint density at radius 1 is 1.03 bits per heavy atom. The number of anilines is 1. The van der Waals surface area contributed by atoms with Crippen LogP contribution in [-0.4, -0.2) is 56.5 Å². The second kappa shape index (κ2) is 11.6. The molecule has 0 radical (unpaired) electrons. The smallest absolute Gasteiger partial charge is 0.414 e. The predicted octanol–water partition coefficient (Wildman–Crippen LogP) is 5.26. The number of carbonyl (C=O) groups is 1. The Labute approximate surface area is 193 Å². The van der Waals surface area contributed by atoms with Gasteiger partial charge in [-0.1, -0.05) is 43.1 Å². The Morgan fingerprint density at radius 3 is 2.32 bits per heavy atom. The SMILES string of the molecule is CC.O=C1OC(CN2CCOCC2)CN1c1ccc(OCc2c(Cl)cccc2Cl)cc1. The first-order valence-electron chi connectivity index (χ1n) is 10.5. The van der Waals surface area contributed by atoms with E-state index in [9.17, 15) is 4.79 Å². The van der Waals surface area contributed by atoms with Gasteiger partial charge in [-0.3, -0.25) is 9.80 Å². The van der Waals surface area contributed by atoms with Crippen molar-refractivity contribution in [3.8, 4) is 5.75 Å². The minimum absolute atomic E-state index is 0.140. The number of hydrogen-bond acceptors (Lipinski definition) is 5. The van der Waals surface area contributed by atoms with Crippen molar-refractivity contribution in [2.75, 3.05) is 44.3 Å². The average Bonchev–Trinajstić information content (AvgIpc) is 3.16. The Hall–Kier alpha value is -1.99. The van der Waals surface area contributed by atoms with E-state index in [-0.39, 0.29) is 18.8 Å². The topological polar surface area (TPSA) is 51.2 Å². The molecule has 2 fully saturated rings. The molecule has 1 amide bonds. The van der Waals surface area contributed by atoms with Crippen molar-refractivity contribution in [1.82, 2.24) is 4.90 Å². The van der Waals surface area contributed by atoms with Gasteiger partial charge in [0.1, 0.15) is 18.5 Å². The fraction of sp³-hybridized carbons (Fsp3) is 0.435. The van der Waals surface area contributed by atoms with Gasteiger partial charge in [-0.25, -0.2) is 4.79 Å². The Morgan fingerprint density at radius 2 is 1.68 bits per heavy atom. The van der Waals surface area contributed by atoms with Gasteiger partial charge in [-0.05, 0) is 36.4 Å². The Bertz CT molecular complexity index is 837. The number of nitrogens with zero attached hydrogens (tertiary/aromatic N) is 2. The molecule has 8 heteroatoms. The fourth-order valence-corrected chi connectivity index (χ4v) is 3.95.